The molecule has 2 atom stereocenters. The molecule has 0 bridgehead atoms. The molecule has 102 valence electrons. The Morgan fingerprint density at radius 3 is 2.26 bits per heavy atom. The average molecular weight is 282 g/mol. The molecule has 0 aliphatic carbocycles. The zero-order valence-electron chi connectivity index (χ0n) is 10.3. The lowest BCUT2D eigenvalue weighted by Gasteiger charge is -2.16. The van der Waals surface area contributed by atoms with Crippen molar-refractivity contribution < 1.29 is 24.6 Å². The number of thioether (sulfide) groups is 1. The van der Waals surface area contributed by atoms with Crippen molar-refractivity contribution in [2.45, 2.75) is 18.9 Å². The highest BCUT2D eigenvalue weighted by molar-refractivity contribution is 8.13. The first kappa shape index (κ1) is 15.4. The lowest BCUT2D eigenvalue weighted by atomic mass is 9.93. The largest absolute Gasteiger partial charge is 0.479 e. The Morgan fingerprint density at radius 1 is 1.21 bits per heavy atom. The van der Waals surface area contributed by atoms with Gasteiger partial charge in [0.2, 0.25) is 6.10 Å². The van der Waals surface area contributed by atoms with Crippen LogP contribution in [0.3, 0.4) is 0 Å². The summed E-state index contributed by atoms with van der Waals surface area (Å²) in [6.07, 6.45) is -2.07. The molecule has 0 radical (unpaired) electrons. The number of ketones is 1. The number of hydrogen-bond acceptors (Lipinski definition) is 5. The van der Waals surface area contributed by atoms with Crippen molar-refractivity contribution in [2.24, 2.45) is 0 Å². The van der Waals surface area contributed by atoms with Crippen LogP contribution in [0.4, 0.5) is 0 Å². The molecule has 6 heteroatoms. The molecule has 2 N–H and O–H groups in total. The van der Waals surface area contributed by atoms with Crippen LogP contribution in [-0.4, -0.2) is 38.9 Å². The van der Waals surface area contributed by atoms with Crippen LogP contribution >= 0.6 is 11.8 Å². The molecule has 1 aromatic rings. The van der Waals surface area contributed by atoms with E-state index < -0.39 is 23.8 Å². The first-order valence-corrected chi connectivity index (χ1v) is 6.55. The lowest BCUT2D eigenvalue weighted by molar-refractivity contribution is -0.152. The number of carboxylic acids is 1. The van der Waals surface area contributed by atoms with Gasteiger partial charge in [-0.15, -0.1) is 0 Å². The molecule has 0 saturated heterocycles. The number of carbonyl (C=O) groups is 3. The van der Waals surface area contributed by atoms with Gasteiger partial charge in [-0.25, -0.2) is 4.79 Å². The maximum absolute atomic E-state index is 11.9. The van der Waals surface area contributed by atoms with Gasteiger partial charge in [-0.2, -0.15) is 0 Å². The summed E-state index contributed by atoms with van der Waals surface area (Å²) in [5.74, 6) is -3.10. The molecule has 0 aliphatic rings. The molecular formula is C13H14O5S. The number of carbonyl (C=O) groups excluding carboxylic acids is 2. The van der Waals surface area contributed by atoms with Gasteiger partial charge in [-0.1, -0.05) is 42.1 Å². The SMILES string of the molecule is CC(=O)SCC(C(=O)C(O)C(=O)O)c1ccccc1. The minimum Gasteiger partial charge on any atom is -0.479 e. The summed E-state index contributed by atoms with van der Waals surface area (Å²) >= 11 is 0.928. The van der Waals surface area contributed by atoms with Crippen LogP contribution in [0.15, 0.2) is 30.3 Å². The van der Waals surface area contributed by atoms with E-state index in [0.29, 0.717) is 5.56 Å². The third kappa shape index (κ3) is 4.50. The van der Waals surface area contributed by atoms with Crippen LogP contribution in [0.5, 0.6) is 0 Å². The highest BCUT2D eigenvalue weighted by Crippen LogP contribution is 2.23. The minimum atomic E-state index is -2.07. The first-order chi connectivity index (χ1) is 8.93. The standard InChI is InChI=1S/C13H14O5S/c1-8(14)19-7-10(9-5-3-2-4-6-9)11(15)12(16)13(17)18/h2-6,10,12,16H,7H2,1H3,(H,17,18). The van der Waals surface area contributed by atoms with E-state index in [1.54, 1.807) is 30.3 Å². The van der Waals surface area contributed by atoms with Gasteiger partial charge in [0.25, 0.3) is 0 Å². The summed E-state index contributed by atoms with van der Waals surface area (Å²) in [5.41, 5.74) is 0.585. The lowest BCUT2D eigenvalue weighted by Crippen LogP contribution is -2.34. The Morgan fingerprint density at radius 2 is 1.79 bits per heavy atom. The topological polar surface area (TPSA) is 91.7 Å². The molecule has 1 rings (SSSR count). The van der Waals surface area contributed by atoms with Crippen LogP contribution in [0.25, 0.3) is 0 Å². The van der Waals surface area contributed by atoms with Crippen LogP contribution in [0, 0.1) is 0 Å². The minimum absolute atomic E-state index is 0.114. The van der Waals surface area contributed by atoms with E-state index in [9.17, 15) is 19.5 Å². The van der Waals surface area contributed by atoms with E-state index in [4.69, 9.17) is 5.11 Å². The van der Waals surface area contributed by atoms with E-state index in [2.05, 4.69) is 0 Å². The normalized spacial score (nSPS) is 13.6. The number of carboxylic acid groups (broad SMARTS) is 1. The van der Waals surface area contributed by atoms with Crippen molar-refractivity contribution >= 4 is 28.6 Å². The molecule has 0 saturated carbocycles. The fourth-order valence-corrected chi connectivity index (χ4v) is 2.30. The van der Waals surface area contributed by atoms with Gasteiger partial charge in [-0.05, 0) is 5.56 Å². The summed E-state index contributed by atoms with van der Waals surface area (Å²) < 4.78 is 0. The molecule has 1 aromatic carbocycles. The molecule has 19 heavy (non-hydrogen) atoms. The summed E-state index contributed by atoms with van der Waals surface area (Å²) in [6.45, 7) is 1.37. The predicted octanol–water partition coefficient (Wildman–Crippen LogP) is 1.06. The Balaban J connectivity index is 2.95. The Bertz CT molecular complexity index is 471. The average Bonchev–Trinajstić information content (AvgIpc) is 2.38. The van der Waals surface area contributed by atoms with Gasteiger partial charge in [-0.3, -0.25) is 9.59 Å². The summed E-state index contributed by atoms with van der Waals surface area (Å²) in [5, 5.41) is 17.9. The highest BCUT2D eigenvalue weighted by atomic mass is 32.2. The van der Waals surface area contributed by atoms with E-state index in [1.165, 1.54) is 6.92 Å². The number of hydrogen-bond donors (Lipinski definition) is 2. The maximum Gasteiger partial charge on any atom is 0.340 e. The molecule has 0 aromatic heterocycles. The number of aliphatic hydroxyl groups excluding tert-OH is 1. The summed E-state index contributed by atoms with van der Waals surface area (Å²) in [6, 6.07) is 8.51. The summed E-state index contributed by atoms with van der Waals surface area (Å²) in [4.78, 5) is 33.6. The van der Waals surface area contributed by atoms with Gasteiger partial charge in [0.1, 0.15) is 0 Å². The van der Waals surface area contributed by atoms with Gasteiger partial charge >= 0.3 is 5.97 Å². The quantitative estimate of drug-likeness (QED) is 0.758. The Kier molecular flexibility index (Phi) is 5.72. The molecule has 0 aliphatic heterocycles. The fraction of sp³-hybridized carbons (Fsp3) is 0.308. The van der Waals surface area contributed by atoms with Crippen molar-refractivity contribution in [2.75, 3.05) is 5.75 Å². The monoisotopic (exact) mass is 282 g/mol. The maximum atomic E-state index is 11.9. The van der Waals surface area contributed by atoms with Crippen molar-refractivity contribution in [1.82, 2.24) is 0 Å². The molecule has 0 amide bonds. The van der Waals surface area contributed by atoms with E-state index in [1.807, 2.05) is 0 Å². The Hall–Kier alpha value is -1.66. The number of Topliss-reactive ketones (excluding diaryl/α,β-unsaturated/α-hetero) is 1. The molecule has 0 fully saturated rings. The summed E-state index contributed by atoms with van der Waals surface area (Å²) in [7, 11) is 0. The molecular weight excluding hydrogens is 268 g/mol. The van der Waals surface area contributed by atoms with Gasteiger partial charge in [0.05, 0.1) is 5.92 Å². The fourth-order valence-electron chi connectivity index (χ4n) is 1.54. The van der Waals surface area contributed by atoms with Crippen molar-refractivity contribution in [1.29, 1.82) is 0 Å². The van der Waals surface area contributed by atoms with E-state index in [-0.39, 0.29) is 10.9 Å². The van der Waals surface area contributed by atoms with Crippen LogP contribution < -0.4 is 0 Å². The number of rotatable bonds is 6. The van der Waals surface area contributed by atoms with Crippen LogP contribution in [0.2, 0.25) is 0 Å². The van der Waals surface area contributed by atoms with E-state index in [0.717, 1.165) is 11.8 Å². The van der Waals surface area contributed by atoms with Crippen LogP contribution in [-0.2, 0) is 14.4 Å². The van der Waals surface area contributed by atoms with Gasteiger partial charge < -0.3 is 10.2 Å². The van der Waals surface area contributed by atoms with Crippen molar-refractivity contribution in [3.8, 4) is 0 Å². The smallest absolute Gasteiger partial charge is 0.340 e. The van der Waals surface area contributed by atoms with E-state index >= 15 is 0 Å². The number of aliphatic carboxylic acids is 1. The van der Waals surface area contributed by atoms with Crippen LogP contribution in [0.1, 0.15) is 18.4 Å². The third-order valence-electron chi connectivity index (χ3n) is 2.50. The predicted molar refractivity (Wildman–Crippen MR) is 71.0 cm³/mol. The third-order valence-corrected chi connectivity index (χ3v) is 3.41. The second-order valence-electron chi connectivity index (χ2n) is 3.91. The number of benzene rings is 1. The van der Waals surface area contributed by atoms with Gasteiger partial charge in [0, 0.05) is 12.7 Å². The second kappa shape index (κ2) is 7.06. The first-order valence-electron chi connectivity index (χ1n) is 5.56. The second-order valence-corrected chi connectivity index (χ2v) is 5.11. The zero-order valence-corrected chi connectivity index (χ0v) is 11.1. The van der Waals surface area contributed by atoms with Crippen molar-refractivity contribution in [3.05, 3.63) is 35.9 Å². The Labute approximate surface area is 114 Å². The molecule has 2 unspecified atom stereocenters. The molecule has 0 spiro atoms. The zero-order chi connectivity index (χ0) is 14.4. The molecule has 5 nitrogen and oxygen atoms in total. The van der Waals surface area contributed by atoms with Gasteiger partial charge in [0.15, 0.2) is 10.9 Å². The molecule has 0 heterocycles. The highest BCUT2D eigenvalue weighted by Gasteiger charge is 2.31. The van der Waals surface area contributed by atoms with Crippen molar-refractivity contribution in [3.63, 3.8) is 0 Å². The number of aliphatic hydroxyl groups is 1.